The van der Waals surface area contributed by atoms with E-state index in [2.05, 4.69) is 4.90 Å². The Hall–Kier alpha value is -2.89. The van der Waals surface area contributed by atoms with Gasteiger partial charge in [-0.1, -0.05) is 30.3 Å². The maximum atomic E-state index is 12.7. The molecule has 0 radical (unpaired) electrons. The van der Waals surface area contributed by atoms with Gasteiger partial charge in [0.2, 0.25) is 0 Å². The molecule has 2 aromatic carbocycles. The maximum absolute atomic E-state index is 12.7. The third kappa shape index (κ3) is 3.08. The number of rotatable bonds is 3. The minimum atomic E-state index is -0.469. The summed E-state index contributed by atoms with van der Waals surface area (Å²) in [6, 6.07) is 14.9. The van der Waals surface area contributed by atoms with Crippen LogP contribution in [0.3, 0.4) is 0 Å². The molecule has 1 saturated heterocycles. The number of hydrogen-bond acceptors (Lipinski definition) is 4. The van der Waals surface area contributed by atoms with Crippen LogP contribution in [0.15, 0.2) is 48.5 Å². The highest BCUT2D eigenvalue weighted by Crippen LogP contribution is 2.25. The van der Waals surface area contributed by atoms with E-state index in [4.69, 9.17) is 0 Å². The van der Waals surface area contributed by atoms with Crippen molar-refractivity contribution in [2.45, 2.75) is 6.92 Å². The first kappa shape index (κ1) is 16.0. The van der Waals surface area contributed by atoms with Crippen LogP contribution < -0.4 is 4.90 Å². The summed E-state index contributed by atoms with van der Waals surface area (Å²) in [5, 5.41) is 11.3. The predicted molar refractivity (Wildman–Crippen MR) is 92.4 cm³/mol. The molecule has 0 unspecified atom stereocenters. The second-order valence-electron chi connectivity index (χ2n) is 5.84. The Morgan fingerprint density at radius 3 is 2.29 bits per heavy atom. The fraction of sp³-hybridized carbons (Fsp3) is 0.278. The van der Waals surface area contributed by atoms with Crippen LogP contribution in [-0.2, 0) is 0 Å². The predicted octanol–water partition coefficient (Wildman–Crippen LogP) is 2.87. The van der Waals surface area contributed by atoms with Gasteiger partial charge >= 0.3 is 0 Å². The number of aryl methyl sites for hydroxylation is 1. The van der Waals surface area contributed by atoms with Crippen LogP contribution in [0.2, 0.25) is 0 Å². The topological polar surface area (TPSA) is 66.7 Å². The van der Waals surface area contributed by atoms with E-state index in [1.165, 1.54) is 6.07 Å². The van der Waals surface area contributed by atoms with Crippen LogP contribution in [0, 0.1) is 17.0 Å². The van der Waals surface area contributed by atoms with Crippen molar-refractivity contribution in [2.24, 2.45) is 0 Å². The van der Waals surface area contributed by atoms with Gasteiger partial charge in [-0.15, -0.1) is 0 Å². The van der Waals surface area contributed by atoms with E-state index in [1.54, 1.807) is 24.0 Å². The largest absolute Gasteiger partial charge is 0.368 e. The first-order valence-corrected chi connectivity index (χ1v) is 7.91. The van der Waals surface area contributed by atoms with E-state index in [-0.39, 0.29) is 17.2 Å². The van der Waals surface area contributed by atoms with Gasteiger partial charge in [-0.3, -0.25) is 14.9 Å². The number of nitro groups is 1. The van der Waals surface area contributed by atoms with Crippen molar-refractivity contribution in [1.82, 2.24) is 4.90 Å². The lowest BCUT2D eigenvalue weighted by molar-refractivity contribution is -0.385. The average Bonchev–Trinajstić information content (AvgIpc) is 2.61. The summed E-state index contributed by atoms with van der Waals surface area (Å²) in [5.41, 5.74) is 1.72. The number of hydrogen-bond donors (Lipinski definition) is 0. The number of para-hydroxylation sites is 2. The summed E-state index contributed by atoms with van der Waals surface area (Å²) in [6.07, 6.45) is 0. The van der Waals surface area contributed by atoms with Crippen molar-refractivity contribution < 1.29 is 9.72 Å². The Labute approximate surface area is 140 Å². The average molecular weight is 325 g/mol. The fourth-order valence-corrected chi connectivity index (χ4v) is 3.05. The van der Waals surface area contributed by atoms with E-state index >= 15 is 0 Å². The number of amides is 1. The fourth-order valence-electron chi connectivity index (χ4n) is 3.05. The Kier molecular flexibility index (Phi) is 4.46. The molecule has 1 aliphatic heterocycles. The number of piperazine rings is 1. The lowest BCUT2D eigenvalue weighted by atomic mass is 10.1. The molecule has 1 heterocycles. The third-order valence-electron chi connectivity index (χ3n) is 4.34. The Balaban J connectivity index is 1.75. The minimum absolute atomic E-state index is 0.0898. The number of carbonyl (C=O) groups is 1. The molecule has 1 amide bonds. The molecule has 1 aliphatic rings. The van der Waals surface area contributed by atoms with Gasteiger partial charge in [-0.2, -0.15) is 0 Å². The van der Waals surface area contributed by atoms with Crippen LogP contribution in [0.25, 0.3) is 0 Å². The van der Waals surface area contributed by atoms with Crippen molar-refractivity contribution in [3.05, 3.63) is 69.8 Å². The van der Waals surface area contributed by atoms with E-state index in [0.29, 0.717) is 18.7 Å². The van der Waals surface area contributed by atoms with Crippen LogP contribution in [-0.4, -0.2) is 41.9 Å². The Morgan fingerprint density at radius 1 is 1.00 bits per heavy atom. The standard InChI is InChI=1S/C18H19N3O3/c1-14-6-5-9-16(17(14)21(23)24)18(22)20-12-10-19(11-13-20)15-7-3-2-4-8-15/h2-9H,10-13H2,1H3. The number of anilines is 1. The molecule has 0 aliphatic carbocycles. The molecular formula is C18H19N3O3. The lowest BCUT2D eigenvalue weighted by Gasteiger charge is -2.36. The lowest BCUT2D eigenvalue weighted by Crippen LogP contribution is -2.48. The van der Waals surface area contributed by atoms with Gasteiger partial charge in [0.05, 0.1) is 4.92 Å². The number of nitrogens with zero attached hydrogens (tertiary/aromatic N) is 3. The first-order chi connectivity index (χ1) is 11.6. The van der Waals surface area contributed by atoms with Crippen LogP contribution in [0.4, 0.5) is 11.4 Å². The number of benzene rings is 2. The van der Waals surface area contributed by atoms with E-state index in [0.717, 1.165) is 18.8 Å². The summed E-state index contributed by atoms with van der Waals surface area (Å²) < 4.78 is 0. The summed E-state index contributed by atoms with van der Waals surface area (Å²) in [6.45, 7) is 4.20. The molecule has 6 nitrogen and oxygen atoms in total. The van der Waals surface area contributed by atoms with Crippen LogP contribution in [0.1, 0.15) is 15.9 Å². The minimum Gasteiger partial charge on any atom is -0.368 e. The Bertz CT molecular complexity index is 753. The monoisotopic (exact) mass is 325 g/mol. The highest BCUT2D eigenvalue weighted by molar-refractivity contribution is 5.98. The van der Waals surface area contributed by atoms with Gasteiger partial charge in [0.25, 0.3) is 11.6 Å². The van der Waals surface area contributed by atoms with Gasteiger partial charge in [0.15, 0.2) is 0 Å². The molecular weight excluding hydrogens is 306 g/mol. The highest BCUT2D eigenvalue weighted by Gasteiger charge is 2.28. The van der Waals surface area contributed by atoms with E-state index < -0.39 is 4.92 Å². The second kappa shape index (κ2) is 6.70. The number of carbonyl (C=O) groups excluding carboxylic acids is 1. The van der Waals surface area contributed by atoms with E-state index in [1.807, 2.05) is 30.3 Å². The molecule has 0 atom stereocenters. The van der Waals surface area contributed by atoms with Crippen molar-refractivity contribution in [1.29, 1.82) is 0 Å². The molecule has 0 aromatic heterocycles. The molecule has 0 bridgehead atoms. The molecule has 0 spiro atoms. The smallest absolute Gasteiger partial charge is 0.285 e. The van der Waals surface area contributed by atoms with Crippen LogP contribution >= 0.6 is 0 Å². The SMILES string of the molecule is Cc1cccc(C(=O)N2CCN(c3ccccc3)CC2)c1[N+](=O)[O-]. The quantitative estimate of drug-likeness (QED) is 0.643. The maximum Gasteiger partial charge on any atom is 0.285 e. The summed E-state index contributed by atoms with van der Waals surface area (Å²) in [7, 11) is 0. The molecule has 24 heavy (non-hydrogen) atoms. The second-order valence-corrected chi connectivity index (χ2v) is 5.84. The summed E-state index contributed by atoms with van der Waals surface area (Å²) in [5.74, 6) is -0.266. The molecule has 3 rings (SSSR count). The summed E-state index contributed by atoms with van der Waals surface area (Å²) in [4.78, 5) is 27.5. The van der Waals surface area contributed by atoms with Gasteiger partial charge in [0, 0.05) is 37.4 Å². The van der Waals surface area contributed by atoms with Gasteiger partial charge < -0.3 is 9.80 Å². The normalized spacial score (nSPS) is 14.5. The molecule has 124 valence electrons. The number of nitro benzene ring substituents is 1. The summed E-state index contributed by atoms with van der Waals surface area (Å²) >= 11 is 0. The van der Waals surface area contributed by atoms with Crippen molar-refractivity contribution in [3.63, 3.8) is 0 Å². The van der Waals surface area contributed by atoms with Crippen molar-refractivity contribution in [2.75, 3.05) is 31.1 Å². The molecule has 0 saturated carbocycles. The zero-order valence-electron chi connectivity index (χ0n) is 13.5. The molecule has 6 heteroatoms. The van der Waals surface area contributed by atoms with E-state index in [9.17, 15) is 14.9 Å². The third-order valence-corrected chi connectivity index (χ3v) is 4.34. The molecule has 1 fully saturated rings. The van der Waals surface area contributed by atoms with Crippen molar-refractivity contribution >= 4 is 17.3 Å². The van der Waals surface area contributed by atoms with Gasteiger partial charge in [-0.05, 0) is 25.1 Å². The zero-order valence-corrected chi connectivity index (χ0v) is 13.5. The van der Waals surface area contributed by atoms with Gasteiger partial charge in [0.1, 0.15) is 5.56 Å². The Morgan fingerprint density at radius 2 is 1.67 bits per heavy atom. The first-order valence-electron chi connectivity index (χ1n) is 7.91. The highest BCUT2D eigenvalue weighted by atomic mass is 16.6. The van der Waals surface area contributed by atoms with Gasteiger partial charge in [-0.25, -0.2) is 0 Å². The van der Waals surface area contributed by atoms with Crippen molar-refractivity contribution in [3.8, 4) is 0 Å². The molecule has 2 aromatic rings. The molecule has 0 N–H and O–H groups in total. The zero-order chi connectivity index (χ0) is 17.1. The van der Waals surface area contributed by atoms with Crippen LogP contribution in [0.5, 0.6) is 0 Å².